The Balaban J connectivity index is 1.26. The van der Waals surface area contributed by atoms with Gasteiger partial charge in [-0.05, 0) is 53.3 Å². The third-order valence-corrected chi connectivity index (χ3v) is 6.28. The number of rotatable bonds is 6. The minimum Gasteiger partial charge on any atom is -0.388 e. The Kier molecular flexibility index (Phi) is 6.73. The maximum Gasteiger partial charge on any atom is 0.224 e. The van der Waals surface area contributed by atoms with Gasteiger partial charge in [-0.3, -0.25) is 9.69 Å². The Morgan fingerprint density at radius 1 is 1.03 bits per heavy atom. The van der Waals surface area contributed by atoms with E-state index in [9.17, 15) is 9.90 Å². The number of nitrogens with one attached hydrogen (secondary N) is 1. The summed E-state index contributed by atoms with van der Waals surface area (Å²) in [5, 5.41) is 13.4. The lowest BCUT2D eigenvalue weighted by atomic mass is 10.00. The Bertz CT molecular complexity index is 928. The molecule has 2 N–H and O–H groups in total. The number of hydrogen-bond donors (Lipinski definition) is 2. The Hall–Kier alpha value is -2.63. The number of aryl methyl sites for hydroxylation is 1. The van der Waals surface area contributed by atoms with Crippen molar-refractivity contribution in [2.75, 3.05) is 42.9 Å². The summed E-state index contributed by atoms with van der Waals surface area (Å²) in [4.78, 5) is 16.2. The highest BCUT2D eigenvalue weighted by Gasteiger charge is 2.19. The molecule has 2 aromatic carbocycles. The molecule has 4 rings (SSSR count). The second-order valence-electron chi connectivity index (χ2n) is 8.93. The number of fused-ring (bicyclic) bond motifs is 1. The van der Waals surface area contributed by atoms with E-state index in [0.717, 1.165) is 49.4 Å². The van der Waals surface area contributed by atoms with Gasteiger partial charge in [-0.15, -0.1) is 0 Å². The van der Waals surface area contributed by atoms with Gasteiger partial charge in [-0.25, -0.2) is 0 Å². The number of benzene rings is 2. The number of nitrogens with zero attached hydrogens (tertiary/aromatic N) is 2. The van der Waals surface area contributed by atoms with Gasteiger partial charge >= 0.3 is 0 Å². The number of carbonyl (C=O) groups excluding carboxylic acids is 1. The molecule has 164 valence electrons. The normalized spacial score (nSPS) is 18.3. The highest BCUT2D eigenvalue weighted by atomic mass is 16.3. The van der Waals surface area contributed by atoms with Gasteiger partial charge in [0, 0.05) is 50.5 Å². The van der Waals surface area contributed by atoms with Crippen LogP contribution in [0.3, 0.4) is 0 Å². The fraction of sp³-hybridized carbons (Fsp3) is 0.423. The second kappa shape index (κ2) is 9.67. The van der Waals surface area contributed by atoms with Gasteiger partial charge in [0.05, 0.1) is 6.10 Å². The van der Waals surface area contributed by atoms with Gasteiger partial charge in [0.1, 0.15) is 0 Å². The van der Waals surface area contributed by atoms with Crippen molar-refractivity contribution in [1.29, 1.82) is 0 Å². The van der Waals surface area contributed by atoms with Crippen LogP contribution in [0.4, 0.5) is 11.4 Å². The van der Waals surface area contributed by atoms with Crippen LogP contribution in [0.15, 0.2) is 48.5 Å². The molecule has 2 aliphatic heterocycles. The summed E-state index contributed by atoms with van der Waals surface area (Å²) in [6.07, 6.45) is 4.67. The fourth-order valence-electron chi connectivity index (χ4n) is 4.31. The maximum atomic E-state index is 11.5. The summed E-state index contributed by atoms with van der Waals surface area (Å²) in [6, 6.07) is 15.0. The van der Waals surface area contributed by atoms with E-state index in [4.69, 9.17) is 0 Å². The number of aliphatic hydroxyl groups excluding tert-OH is 1. The quantitative estimate of drug-likeness (QED) is 0.746. The van der Waals surface area contributed by atoms with Crippen molar-refractivity contribution >= 4 is 23.4 Å². The predicted octanol–water partition coefficient (Wildman–Crippen LogP) is 3.89. The molecule has 31 heavy (non-hydrogen) atoms. The number of aliphatic hydroxyl groups is 1. The summed E-state index contributed by atoms with van der Waals surface area (Å²) in [7, 11) is 0. The van der Waals surface area contributed by atoms with Crippen LogP contribution < -0.4 is 10.2 Å². The molecule has 0 radical (unpaired) electrons. The smallest absolute Gasteiger partial charge is 0.224 e. The van der Waals surface area contributed by atoms with Crippen molar-refractivity contribution in [1.82, 2.24) is 4.90 Å². The lowest BCUT2D eigenvalue weighted by Crippen LogP contribution is -2.48. The molecule has 5 nitrogen and oxygen atoms in total. The molecule has 0 spiro atoms. The van der Waals surface area contributed by atoms with E-state index in [1.165, 1.54) is 11.3 Å². The lowest BCUT2D eigenvalue weighted by molar-refractivity contribution is -0.116. The van der Waals surface area contributed by atoms with Crippen molar-refractivity contribution in [2.45, 2.75) is 38.7 Å². The monoisotopic (exact) mass is 419 g/mol. The second-order valence-corrected chi connectivity index (χ2v) is 8.93. The average molecular weight is 420 g/mol. The molecular weight excluding hydrogens is 386 g/mol. The molecule has 1 atom stereocenters. The van der Waals surface area contributed by atoms with Gasteiger partial charge in [-0.2, -0.15) is 0 Å². The summed E-state index contributed by atoms with van der Waals surface area (Å²) in [5.41, 5.74) is 5.79. The highest BCUT2D eigenvalue weighted by Crippen LogP contribution is 2.24. The molecule has 0 aliphatic carbocycles. The zero-order valence-electron chi connectivity index (χ0n) is 18.6. The maximum absolute atomic E-state index is 11.5. The number of amides is 1. The van der Waals surface area contributed by atoms with Crippen LogP contribution in [0.25, 0.3) is 6.08 Å². The van der Waals surface area contributed by atoms with Crippen molar-refractivity contribution < 1.29 is 9.90 Å². The first-order chi connectivity index (χ1) is 15.0. The SMILES string of the molecule is CC(C)c1ccc(N2CCN(C[C@@H](O)/C=C/c3ccc4c(c3)CCC(=O)N4)CC2)cc1. The zero-order chi connectivity index (χ0) is 21.8. The number of anilines is 2. The Labute approximate surface area is 185 Å². The molecule has 1 saturated heterocycles. The van der Waals surface area contributed by atoms with E-state index in [0.29, 0.717) is 18.9 Å². The average Bonchev–Trinajstić information content (AvgIpc) is 2.78. The summed E-state index contributed by atoms with van der Waals surface area (Å²) < 4.78 is 0. The largest absolute Gasteiger partial charge is 0.388 e. The summed E-state index contributed by atoms with van der Waals surface area (Å²) in [6.45, 7) is 8.96. The zero-order valence-corrected chi connectivity index (χ0v) is 18.6. The van der Waals surface area contributed by atoms with Crippen LogP contribution in [0.1, 0.15) is 42.9 Å². The molecule has 0 bridgehead atoms. The van der Waals surface area contributed by atoms with Crippen LogP contribution in [0.5, 0.6) is 0 Å². The number of piperazine rings is 1. The molecule has 2 aromatic rings. The molecule has 0 unspecified atom stereocenters. The number of hydrogen-bond acceptors (Lipinski definition) is 4. The van der Waals surface area contributed by atoms with E-state index in [-0.39, 0.29) is 5.91 Å². The lowest BCUT2D eigenvalue weighted by Gasteiger charge is -2.36. The first-order valence-corrected chi connectivity index (χ1v) is 11.3. The van der Waals surface area contributed by atoms with Gasteiger partial charge in [0.25, 0.3) is 0 Å². The summed E-state index contributed by atoms with van der Waals surface area (Å²) >= 11 is 0. The van der Waals surface area contributed by atoms with E-state index >= 15 is 0 Å². The van der Waals surface area contributed by atoms with Crippen LogP contribution in [-0.4, -0.2) is 54.7 Å². The first-order valence-electron chi connectivity index (χ1n) is 11.3. The Morgan fingerprint density at radius 2 is 1.77 bits per heavy atom. The minimum absolute atomic E-state index is 0.0823. The minimum atomic E-state index is -0.493. The molecule has 5 heteroatoms. The number of β-amino-alcohol motifs (C(OH)–C–C–N with tert-alkyl or cyclic N) is 1. The van der Waals surface area contributed by atoms with Crippen molar-refractivity contribution in [3.63, 3.8) is 0 Å². The molecule has 2 heterocycles. The van der Waals surface area contributed by atoms with Crippen LogP contribution >= 0.6 is 0 Å². The molecule has 1 amide bonds. The first kappa shape index (κ1) is 21.6. The Morgan fingerprint density at radius 3 is 2.48 bits per heavy atom. The third-order valence-electron chi connectivity index (χ3n) is 6.28. The van der Waals surface area contributed by atoms with E-state index in [2.05, 4.69) is 59.3 Å². The van der Waals surface area contributed by atoms with Crippen LogP contribution in [0.2, 0.25) is 0 Å². The molecule has 2 aliphatic rings. The van der Waals surface area contributed by atoms with Gasteiger partial charge < -0.3 is 15.3 Å². The van der Waals surface area contributed by atoms with Gasteiger partial charge in [-0.1, -0.05) is 44.2 Å². The predicted molar refractivity (Wildman–Crippen MR) is 128 cm³/mol. The van der Waals surface area contributed by atoms with Crippen LogP contribution in [0, 0.1) is 0 Å². The topological polar surface area (TPSA) is 55.8 Å². The van der Waals surface area contributed by atoms with Crippen molar-refractivity contribution in [2.24, 2.45) is 0 Å². The van der Waals surface area contributed by atoms with Crippen molar-refractivity contribution in [3.05, 3.63) is 65.2 Å². The van der Waals surface area contributed by atoms with E-state index < -0.39 is 6.10 Å². The molecular formula is C26H33N3O2. The van der Waals surface area contributed by atoms with Gasteiger partial charge in [0.15, 0.2) is 0 Å². The summed E-state index contributed by atoms with van der Waals surface area (Å²) in [5.74, 6) is 0.640. The molecule has 0 saturated carbocycles. The molecule has 1 fully saturated rings. The van der Waals surface area contributed by atoms with E-state index in [1.54, 1.807) is 0 Å². The highest BCUT2D eigenvalue weighted by molar-refractivity contribution is 5.94. The third kappa shape index (κ3) is 5.54. The van der Waals surface area contributed by atoms with E-state index in [1.807, 2.05) is 24.3 Å². The number of carbonyl (C=O) groups is 1. The fourth-order valence-corrected chi connectivity index (χ4v) is 4.31. The van der Waals surface area contributed by atoms with Crippen LogP contribution in [-0.2, 0) is 11.2 Å². The van der Waals surface area contributed by atoms with Crippen molar-refractivity contribution in [3.8, 4) is 0 Å². The molecule has 0 aromatic heterocycles. The van der Waals surface area contributed by atoms with Gasteiger partial charge in [0.2, 0.25) is 5.91 Å². The standard InChI is InChI=1S/C26H33N3O2/c1-19(2)21-5-8-23(9-6-21)29-15-13-28(14-16-29)18-24(30)10-3-20-4-11-25-22(17-20)7-12-26(31)27-25/h3-6,8-11,17,19,24,30H,7,12-16,18H2,1-2H3,(H,27,31)/b10-3+/t24-/m0/s1.